The lowest BCUT2D eigenvalue weighted by Gasteiger charge is -2.17. The topological polar surface area (TPSA) is 66.4 Å². The van der Waals surface area contributed by atoms with Gasteiger partial charge in [-0.1, -0.05) is 6.92 Å². The molecule has 1 aliphatic heterocycles. The van der Waals surface area contributed by atoms with Crippen LogP contribution >= 0.6 is 0 Å². The van der Waals surface area contributed by atoms with Gasteiger partial charge in [-0.25, -0.2) is 0 Å². The van der Waals surface area contributed by atoms with E-state index in [-0.39, 0.29) is 0 Å². The summed E-state index contributed by atoms with van der Waals surface area (Å²) in [7, 11) is 4.03. The van der Waals surface area contributed by atoms with Gasteiger partial charge in [-0.15, -0.1) is 0 Å². The Bertz CT molecular complexity index is 433. The summed E-state index contributed by atoms with van der Waals surface area (Å²) in [5.41, 5.74) is 0. The first-order valence-corrected chi connectivity index (χ1v) is 7.71. The number of hydrogen-bond acceptors (Lipinski definition) is 7. The van der Waals surface area contributed by atoms with E-state index in [1.165, 1.54) is 12.8 Å². The molecule has 0 spiro atoms. The Labute approximate surface area is 126 Å². The lowest BCUT2D eigenvalue weighted by atomic mass is 10.4. The van der Waals surface area contributed by atoms with Gasteiger partial charge in [0, 0.05) is 26.2 Å². The molecular weight excluding hydrogens is 268 g/mol. The molecule has 0 bridgehead atoms. The Balaban J connectivity index is 2.07. The largest absolute Gasteiger partial charge is 0.462 e. The van der Waals surface area contributed by atoms with Gasteiger partial charge in [0.15, 0.2) is 0 Å². The van der Waals surface area contributed by atoms with E-state index in [1.807, 2.05) is 14.1 Å². The molecule has 1 fully saturated rings. The van der Waals surface area contributed by atoms with E-state index >= 15 is 0 Å². The maximum Gasteiger partial charge on any atom is 0.323 e. The van der Waals surface area contributed by atoms with Crippen LogP contribution in [0.4, 0.5) is 11.9 Å². The third kappa shape index (κ3) is 5.00. The number of nitrogens with zero attached hydrogens (tertiary/aromatic N) is 5. The SMILES string of the molecule is CCCNc1nc(OCCN(C)C)nc(N2CCCC2)n1. The van der Waals surface area contributed by atoms with Gasteiger partial charge < -0.3 is 19.9 Å². The van der Waals surface area contributed by atoms with E-state index in [1.54, 1.807) is 0 Å². The molecule has 0 aromatic carbocycles. The Morgan fingerprint density at radius 2 is 1.95 bits per heavy atom. The van der Waals surface area contributed by atoms with Gasteiger partial charge in [-0.2, -0.15) is 15.0 Å². The molecule has 0 atom stereocenters. The molecule has 0 unspecified atom stereocenters. The molecule has 1 aromatic heterocycles. The fourth-order valence-corrected chi connectivity index (χ4v) is 2.10. The Kier molecular flexibility index (Phi) is 5.98. The van der Waals surface area contributed by atoms with Crippen LogP contribution in [0, 0.1) is 0 Å². The van der Waals surface area contributed by atoms with Gasteiger partial charge in [0.1, 0.15) is 6.61 Å². The average molecular weight is 294 g/mol. The Morgan fingerprint density at radius 1 is 1.19 bits per heavy atom. The second-order valence-electron chi connectivity index (χ2n) is 5.51. The van der Waals surface area contributed by atoms with Crippen LogP contribution in [0.1, 0.15) is 26.2 Å². The lowest BCUT2D eigenvalue weighted by Crippen LogP contribution is -2.23. The van der Waals surface area contributed by atoms with Crippen molar-refractivity contribution in [2.24, 2.45) is 0 Å². The third-order valence-electron chi connectivity index (χ3n) is 3.29. The highest BCUT2D eigenvalue weighted by Crippen LogP contribution is 2.19. The maximum atomic E-state index is 5.67. The molecule has 0 amide bonds. The summed E-state index contributed by atoms with van der Waals surface area (Å²) in [6, 6.07) is 0.410. The molecule has 0 radical (unpaired) electrons. The second-order valence-corrected chi connectivity index (χ2v) is 5.51. The first kappa shape index (κ1) is 15.8. The van der Waals surface area contributed by atoms with E-state index in [0.717, 1.165) is 38.5 Å². The van der Waals surface area contributed by atoms with Crippen molar-refractivity contribution < 1.29 is 4.74 Å². The van der Waals surface area contributed by atoms with Crippen molar-refractivity contribution in [3.63, 3.8) is 0 Å². The van der Waals surface area contributed by atoms with E-state index in [9.17, 15) is 0 Å². The fourth-order valence-electron chi connectivity index (χ4n) is 2.10. The number of hydrogen-bond donors (Lipinski definition) is 1. The predicted octanol–water partition coefficient (Wildman–Crippen LogP) is 1.23. The predicted molar refractivity (Wildman–Crippen MR) is 84.1 cm³/mol. The highest BCUT2D eigenvalue weighted by atomic mass is 16.5. The van der Waals surface area contributed by atoms with Crippen LogP contribution in [0.25, 0.3) is 0 Å². The highest BCUT2D eigenvalue weighted by molar-refractivity contribution is 5.39. The van der Waals surface area contributed by atoms with Crippen molar-refractivity contribution in [1.29, 1.82) is 0 Å². The number of aromatic nitrogens is 3. The minimum Gasteiger partial charge on any atom is -0.462 e. The van der Waals surface area contributed by atoms with E-state index in [2.05, 4.69) is 37.0 Å². The van der Waals surface area contributed by atoms with Gasteiger partial charge in [-0.05, 0) is 33.4 Å². The molecule has 1 aromatic rings. The van der Waals surface area contributed by atoms with Gasteiger partial charge >= 0.3 is 6.01 Å². The van der Waals surface area contributed by atoms with Gasteiger partial charge in [0.25, 0.3) is 0 Å². The summed E-state index contributed by atoms with van der Waals surface area (Å²) in [5.74, 6) is 1.33. The van der Waals surface area contributed by atoms with Crippen molar-refractivity contribution in [2.75, 3.05) is 57.1 Å². The monoisotopic (exact) mass is 294 g/mol. The summed E-state index contributed by atoms with van der Waals surface area (Å²) in [5, 5.41) is 3.22. The van der Waals surface area contributed by atoms with Crippen LogP contribution in [-0.2, 0) is 0 Å². The second kappa shape index (κ2) is 7.97. The minimum atomic E-state index is 0.410. The summed E-state index contributed by atoms with van der Waals surface area (Å²) in [6.45, 7) is 6.39. The maximum absolute atomic E-state index is 5.67. The van der Waals surface area contributed by atoms with Crippen molar-refractivity contribution in [3.8, 4) is 6.01 Å². The molecule has 1 aliphatic rings. The molecule has 118 valence electrons. The molecule has 1 N–H and O–H groups in total. The standard InChI is InChI=1S/C14H26N6O/c1-4-7-15-12-16-13(20-8-5-6-9-20)18-14(17-12)21-11-10-19(2)3/h4-11H2,1-3H3,(H,15,16,17,18). The molecule has 0 saturated carbocycles. The molecule has 0 aliphatic carbocycles. The fraction of sp³-hybridized carbons (Fsp3) is 0.786. The van der Waals surface area contributed by atoms with Crippen molar-refractivity contribution >= 4 is 11.9 Å². The highest BCUT2D eigenvalue weighted by Gasteiger charge is 2.17. The minimum absolute atomic E-state index is 0.410. The van der Waals surface area contributed by atoms with Gasteiger partial charge in [0.2, 0.25) is 11.9 Å². The molecule has 21 heavy (non-hydrogen) atoms. The Morgan fingerprint density at radius 3 is 2.62 bits per heavy atom. The lowest BCUT2D eigenvalue weighted by molar-refractivity contribution is 0.245. The molecule has 2 heterocycles. The van der Waals surface area contributed by atoms with E-state index in [0.29, 0.717) is 18.6 Å². The zero-order valence-electron chi connectivity index (χ0n) is 13.3. The van der Waals surface area contributed by atoms with Crippen LogP contribution in [0.15, 0.2) is 0 Å². The summed E-state index contributed by atoms with van der Waals surface area (Å²) >= 11 is 0. The zero-order chi connectivity index (χ0) is 15.1. The van der Waals surface area contributed by atoms with Gasteiger partial charge in [-0.3, -0.25) is 0 Å². The number of likely N-dealkylation sites (N-methyl/N-ethyl adjacent to an activating group) is 1. The molecular formula is C14H26N6O. The molecule has 7 heteroatoms. The number of rotatable bonds is 8. The number of anilines is 2. The van der Waals surface area contributed by atoms with Crippen LogP contribution in [0.3, 0.4) is 0 Å². The quantitative estimate of drug-likeness (QED) is 0.773. The normalized spacial score (nSPS) is 14.8. The first-order chi connectivity index (χ1) is 10.2. The third-order valence-corrected chi connectivity index (χ3v) is 3.29. The van der Waals surface area contributed by atoms with Crippen molar-refractivity contribution in [1.82, 2.24) is 19.9 Å². The van der Waals surface area contributed by atoms with Crippen LogP contribution < -0.4 is 15.0 Å². The van der Waals surface area contributed by atoms with Crippen molar-refractivity contribution in [3.05, 3.63) is 0 Å². The van der Waals surface area contributed by atoms with E-state index < -0.39 is 0 Å². The van der Waals surface area contributed by atoms with Crippen LogP contribution in [0.5, 0.6) is 6.01 Å². The van der Waals surface area contributed by atoms with Crippen LogP contribution in [0.2, 0.25) is 0 Å². The summed E-state index contributed by atoms with van der Waals surface area (Å²) < 4.78 is 5.67. The molecule has 2 rings (SSSR count). The molecule has 7 nitrogen and oxygen atoms in total. The smallest absolute Gasteiger partial charge is 0.323 e. The number of nitrogens with one attached hydrogen (secondary N) is 1. The van der Waals surface area contributed by atoms with Gasteiger partial charge in [0.05, 0.1) is 0 Å². The molecule has 1 saturated heterocycles. The Hall–Kier alpha value is -1.63. The van der Waals surface area contributed by atoms with E-state index in [4.69, 9.17) is 4.74 Å². The first-order valence-electron chi connectivity index (χ1n) is 7.71. The summed E-state index contributed by atoms with van der Waals surface area (Å²) in [4.78, 5) is 17.5. The van der Waals surface area contributed by atoms with Crippen molar-refractivity contribution in [2.45, 2.75) is 26.2 Å². The van der Waals surface area contributed by atoms with Crippen LogP contribution in [-0.4, -0.2) is 66.7 Å². The zero-order valence-corrected chi connectivity index (χ0v) is 13.3. The number of ether oxygens (including phenoxy) is 1. The average Bonchev–Trinajstić information content (AvgIpc) is 2.99. The summed E-state index contributed by atoms with van der Waals surface area (Å²) in [6.07, 6.45) is 3.42.